The Bertz CT molecular complexity index is 226. The minimum Gasteiger partial charge on any atom is -0.463 e. The van der Waals surface area contributed by atoms with Crippen LogP contribution in [-0.2, 0) is 9.53 Å². The van der Waals surface area contributed by atoms with E-state index in [1.165, 1.54) is 12.8 Å². The van der Waals surface area contributed by atoms with Crippen LogP contribution in [0.15, 0.2) is 12.2 Å². The van der Waals surface area contributed by atoms with Crippen LogP contribution in [0, 0.1) is 0 Å². The molecule has 0 heterocycles. The third-order valence-electron chi connectivity index (χ3n) is 2.63. The molecule has 0 fully saturated rings. The predicted octanol–water partition coefficient (Wildman–Crippen LogP) is 2.19. The summed E-state index contributed by atoms with van der Waals surface area (Å²) in [6.07, 6.45) is 10.2. The second kappa shape index (κ2) is 12.6. The van der Waals surface area contributed by atoms with Crippen molar-refractivity contribution in [3.63, 3.8) is 0 Å². The van der Waals surface area contributed by atoms with Crippen LogP contribution in [0.4, 0.5) is 0 Å². The minimum atomic E-state index is -0.958. The molecular formula is C14H26O4. The van der Waals surface area contributed by atoms with Gasteiger partial charge in [-0.3, -0.25) is 4.79 Å². The van der Waals surface area contributed by atoms with Crippen molar-refractivity contribution in [2.45, 2.75) is 58.0 Å². The van der Waals surface area contributed by atoms with Crippen molar-refractivity contribution in [3.8, 4) is 0 Å². The number of esters is 1. The van der Waals surface area contributed by atoms with Crippen LogP contribution < -0.4 is 0 Å². The minimum absolute atomic E-state index is 0.112. The summed E-state index contributed by atoms with van der Waals surface area (Å²) in [7, 11) is 0. The van der Waals surface area contributed by atoms with Gasteiger partial charge in [0.05, 0.1) is 6.61 Å². The lowest BCUT2D eigenvalue weighted by Crippen LogP contribution is -2.21. The zero-order chi connectivity index (χ0) is 13.6. The van der Waals surface area contributed by atoms with Crippen LogP contribution in [0.5, 0.6) is 0 Å². The molecule has 1 atom stereocenters. The molecule has 0 aromatic rings. The molecule has 0 amide bonds. The van der Waals surface area contributed by atoms with Crippen LogP contribution in [0.2, 0.25) is 0 Å². The standard InChI is InChI=1S/C14H26O4/c1-2-3-4-5-6-7-8-9-10-14(17)18-12-13(16)11-15/h2-3,13,15-16H,4-12H2,1H3/b3-2-/t13-/m0/s1. The van der Waals surface area contributed by atoms with E-state index in [2.05, 4.69) is 12.2 Å². The Kier molecular flexibility index (Phi) is 12.0. The number of aliphatic hydroxyl groups is 2. The molecule has 18 heavy (non-hydrogen) atoms. The number of aliphatic hydroxyl groups excluding tert-OH is 2. The maximum atomic E-state index is 11.2. The van der Waals surface area contributed by atoms with Crippen LogP contribution >= 0.6 is 0 Å². The highest BCUT2D eigenvalue weighted by molar-refractivity contribution is 5.69. The van der Waals surface area contributed by atoms with Gasteiger partial charge >= 0.3 is 5.97 Å². The number of unbranched alkanes of at least 4 members (excludes halogenated alkanes) is 5. The van der Waals surface area contributed by atoms with E-state index in [0.717, 1.165) is 25.7 Å². The fourth-order valence-electron chi connectivity index (χ4n) is 1.54. The van der Waals surface area contributed by atoms with Crippen LogP contribution in [0.3, 0.4) is 0 Å². The van der Waals surface area contributed by atoms with E-state index < -0.39 is 6.10 Å². The molecule has 0 aliphatic carbocycles. The summed E-state index contributed by atoms with van der Waals surface area (Å²) >= 11 is 0. The monoisotopic (exact) mass is 258 g/mol. The summed E-state index contributed by atoms with van der Waals surface area (Å²) in [6, 6.07) is 0. The number of rotatable bonds is 11. The topological polar surface area (TPSA) is 66.8 Å². The summed E-state index contributed by atoms with van der Waals surface area (Å²) in [5.74, 6) is -0.295. The van der Waals surface area contributed by atoms with E-state index in [9.17, 15) is 4.79 Å². The van der Waals surface area contributed by atoms with E-state index in [1.54, 1.807) is 0 Å². The quantitative estimate of drug-likeness (QED) is 0.339. The van der Waals surface area contributed by atoms with E-state index in [4.69, 9.17) is 14.9 Å². The van der Waals surface area contributed by atoms with E-state index in [0.29, 0.717) is 6.42 Å². The van der Waals surface area contributed by atoms with E-state index in [-0.39, 0.29) is 19.2 Å². The highest BCUT2D eigenvalue weighted by Crippen LogP contribution is 2.08. The van der Waals surface area contributed by atoms with Crippen molar-refractivity contribution in [1.29, 1.82) is 0 Å². The van der Waals surface area contributed by atoms with Gasteiger partial charge in [0, 0.05) is 6.42 Å². The van der Waals surface area contributed by atoms with Gasteiger partial charge in [0.2, 0.25) is 0 Å². The molecule has 106 valence electrons. The molecule has 0 saturated heterocycles. The third kappa shape index (κ3) is 11.6. The number of ether oxygens (including phenoxy) is 1. The van der Waals surface area contributed by atoms with Gasteiger partial charge in [-0.25, -0.2) is 0 Å². The largest absolute Gasteiger partial charge is 0.463 e. The summed E-state index contributed by atoms with van der Waals surface area (Å²) < 4.78 is 4.80. The molecule has 0 aromatic carbocycles. The first-order valence-corrected chi connectivity index (χ1v) is 6.76. The highest BCUT2D eigenvalue weighted by Gasteiger charge is 2.07. The lowest BCUT2D eigenvalue weighted by atomic mass is 10.1. The zero-order valence-corrected chi connectivity index (χ0v) is 11.3. The molecule has 0 bridgehead atoms. The van der Waals surface area contributed by atoms with Crippen LogP contribution in [-0.4, -0.2) is 35.5 Å². The molecule has 0 spiro atoms. The summed E-state index contributed by atoms with van der Waals surface area (Å²) in [6.45, 7) is 1.54. The van der Waals surface area contributed by atoms with Gasteiger partial charge in [0.1, 0.15) is 12.7 Å². The van der Waals surface area contributed by atoms with Crippen LogP contribution in [0.25, 0.3) is 0 Å². The Morgan fingerprint density at radius 3 is 2.56 bits per heavy atom. The van der Waals surface area contributed by atoms with Gasteiger partial charge in [-0.1, -0.05) is 31.4 Å². The fourth-order valence-corrected chi connectivity index (χ4v) is 1.54. The smallest absolute Gasteiger partial charge is 0.305 e. The fraction of sp³-hybridized carbons (Fsp3) is 0.786. The van der Waals surface area contributed by atoms with Gasteiger partial charge in [-0.2, -0.15) is 0 Å². The highest BCUT2D eigenvalue weighted by atomic mass is 16.5. The molecule has 0 aliphatic rings. The Labute approximate surface area is 110 Å². The number of allylic oxidation sites excluding steroid dienone is 2. The van der Waals surface area contributed by atoms with E-state index in [1.807, 2.05) is 6.92 Å². The number of carbonyl (C=O) groups excluding carboxylic acids is 1. The normalized spacial score (nSPS) is 12.8. The summed E-state index contributed by atoms with van der Waals surface area (Å²) in [5, 5.41) is 17.5. The third-order valence-corrected chi connectivity index (χ3v) is 2.63. The Hall–Kier alpha value is -0.870. The van der Waals surface area contributed by atoms with Crippen molar-refractivity contribution in [1.82, 2.24) is 0 Å². The number of hydrogen-bond acceptors (Lipinski definition) is 4. The maximum absolute atomic E-state index is 11.2. The molecule has 0 rings (SSSR count). The molecule has 0 saturated carbocycles. The Balaban J connectivity index is 3.25. The Morgan fingerprint density at radius 2 is 1.89 bits per heavy atom. The van der Waals surface area contributed by atoms with Gasteiger partial charge in [0.25, 0.3) is 0 Å². The van der Waals surface area contributed by atoms with Gasteiger partial charge in [-0.05, 0) is 26.2 Å². The van der Waals surface area contributed by atoms with Crippen molar-refractivity contribution >= 4 is 5.97 Å². The summed E-state index contributed by atoms with van der Waals surface area (Å²) in [5.41, 5.74) is 0. The molecule has 0 aromatic heterocycles. The first kappa shape index (κ1) is 17.1. The molecule has 0 aliphatic heterocycles. The summed E-state index contributed by atoms with van der Waals surface area (Å²) in [4.78, 5) is 11.2. The van der Waals surface area contributed by atoms with Crippen LogP contribution in [0.1, 0.15) is 51.9 Å². The van der Waals surface area contributed by atoms with Gasteiger partial charge in [0.15, 0.2) is 0 Å². The molecule has 4 nitrogen and oxygen atoms in total. The molecular weight excluding hydrogens is 232 g/mol. The maximum Gasteiger partial charge on any atom is 0.305 e. The van der Waals surface area contributed by atoms with Crippen molar-refractivity contribution in [3.05, 3.63) is 12.2 Å². The molecule has 4 heteroatoms. The van der Waals surface area contributed by atoms with Crippen molar-refractivity contribution in [2.24, 2.45) is 0 Å². The zero-order valence-electron chi connectivity index (χ0n) is 11.3. The number of hydrogen-bond donors (Lipinski definition) is 2. The average molecular weight is 258 g/mol. The molecule has 0 unspecified atom stereocenters. The second-order valence-electron chi connectivity index (χ2n) is 4.39. The average Bonchev–Trinajstić information content (AvgIpc) is 2.39. The van der Waals surface area contributed by atoms with E-state index >= 15 is 0 Å². The first-order valence-electron chi connectivity index (χ1n) is 6.76. The first-order chi connectivity index (χ1) is 8.70. The van der Waals surface area contributed by atoms with Gasteiger partial charge in [-0.15, -0.1) is 0 Å². The number of carbonyl (C=O) groups is 1. The lowest BCUT2D eigenvalue weighted by Gasteiger charge is -2.08. The van der Waals surface area contributed by atoms with Crippen molar-refractivity contribution in [2.75, 3.05) is 13.2 Å². The second-order valence-corrected chi connectivity index (χ2v) is 4.39. The SMILES string of the molecule is C/C=C\CCCCCCCC(=O)OC[C@@H](O)CO. The molecule has 2 N–H and O–H groups in total. The van der Waals surface area contributed by atoms with Crippen molar-refractivity contribution < 1.29 is 19.7 Å². The lowest BCUT2D eigenvalue weighted by molar-refractivity contribution is -0.147. The Morgan fingerprint density at radius 1 is 1.22 bits per heavy atom. The predicted molar refractivity (Wildman–Crippen MR) is 71.2 cm³/mol. The van der Waals surface area contributed by atoms with Gasteiger partial charge < -0.3 is 14.9 Å². The molecule has 0 radical (unpaired) electrons.